The lowest BCUT2D eigenvalue weighted by molar-refractivity contribution is -0.384. The monoisotopic (exact) mass is 291 g/mol. The summed E-state index contributed by atoms with van der Waals surface area (Å²) >= 11 is 0. The highest BCUT2D eigenvalue weighted by Crippen LogP contribution is 2.29. The van der Waals surface area contributed by atoms with Gasteiger partial charge in [-0.3, -0.25) is 15.0 Å². The number of aliphatic hydroxyl groups excluding tert-OH is 1. The molecule has 1 saturated carbocycles. The van der Waals surface area contributed by atoms with Crippen LogP contribution in [0, 0.1) is 10.1 Å². The van der Waals surface area contributed by atoms with Gasteiger partial charge in [-0.2, -0.15) is 0 Å². The average Bonchev–Trinajstić information content (AvgIpc) is 3.24. The Morgan fingerprint density at radius 1 is 1.33 bits per heavy atom. The summed E-state index contributed by atoms with van der Waals surface area (Å²) < 4.78 is 0. The van der Waals surface area contributed by atoms with Gasteiger partial charge >= 0.3 is 0 Å². The van der Waals surface area contributed by atoms with Crippen LogP contribution < -0.4 is 5.32 Å². The van der Waals surface area contributed by atoms with E-state index in [-0.39, 0.29) is 5.69 Å². The van der Waals surface area contributed by atoms with Crippen molar-refractivity contribution in [3.05, 3.63) is 39.9 Å². The molecule has 1 heterocycles. The van der Waals surface area contributed by atoms with Crippen LogP contribution in [0.1, 0.15) is 30.9 Å². The number of benzene rings is 1. The first-order valence-corrected chi connectivity index (χ1v) is 7.53. The Bertz CT molecular complexity index is 501. The number of hydrogen-bond donors (Lipinski definition) is 2. The van der Waals surface area contributed by atoms with Crippen LogP contribution in [-0.2, 0) is 0 Å². The predicted molar refractivity (Wildman–Crippen MR) is 79.1 cm³/mol. The molecule has 0 radical (unpaired) electrons. The molecule has 2 aliphatic rings. The van der Waals surface area contributed by atoms with Crippen LogP contribution in [0.2, 0.25) is 0 Å². The Balaban J connectivity index is 1.47. The lowest BCUT2D eigenvalue weighted by atomic mass is 10.1. The lowest BCUT2D eigenvalue weighted by Crippen LogP contribution is -2.35. The summed E-state index contributed by atoms with van der Waals surface area (Å²) in [7, 11) is 0. The minimum Gasteiger partial charge on any atom is -0.387 e. The maximum Gasteiger partial charge on any atom is 0.269 e. The Kier molecular flexibility index (Phi) is 4.19. The molecule has 2 N–H and O–H groups in total. The van der Waals surface area contributed by atoms with Crippen molar-refractivity contribution < 1.29 is 10.0 Å². The van der Waals surface area contributed by atoms with E-state index < -0.39 is 11.0 Å². The van der Waals surface area contributed by atoms with Gasteiger partial charge in [0.25, 0.3) is 5.69 Å². The fourth-order valence-electron chi connectivity index (χ4n) is 2.94. The minimum absolute atomic E-state index is 0.0507. The van der Waals surface area contributed by atoms with Crippen molar-refractivity contribution in [3.63, 3.8) is 0 Å². The van der Waals surface area contributed by atoms with Gasteiger partial charge in [0.05, 0.1) is 11.0 Å². The quantitative estimate of drug-likeness (QED) is 0.613. The van der Waals surface area contributed by atoms with Gasteiger partial charge in [-0.1, -0.05) is 0 Å². The third-order valence-electron chi connectivity index (χ3n) is 4.37. The van der Waals surface area contributed by atoms with E-state index in [0.717, 1.165) is 25.6 Å². The fraction of sp³-hybridized carbons (Fsp3) is 0.600. The number of likely N-dealkylation sites (tertiary alicyclic amines) is 1. The molecule has 0 aromatic heterocycles. The molecule has 2 unspecified atom stereocenters. The standard InChI is InChI=1S/C15H21N3O3/c19-15(11-1-3-14(4-2-11)18(20)21)9-16-12-7-8-17(10-12)13-5-6-13/h1-4,12-13,15-16,19H,5-10H2. The molecular weight excluding hydrogens is 270 g/mol. The van der Waals surface area contributed by atoms with Gasteiger partial charge in [-0.25, -0.2) is 0 Å². The van der Waals surface area contributed by atoms with Crippen molar-refractivity contribution >= 4 is 5.69 Å². The molecule has 6 heteroatoms. The van der Waals surface area contributed by atoms with Gasteiger partial charge in [-0.05, 0) is 37.0 Å². The van der Waals surface area contributed by atoms with Gasteiger partial charge < -0.3 is 10.4 Å². The van der Waals surface area contributed by atoms with E-state index in [1.165, 1.54) is 25.0 Å². The number of non-ortho nitro benzene ring substituents is 1. The Morgan fingerprint density at radius 3 is 2.67 bits per heavy atom. The number of nitro groups is 1. The van der Waals surface area contributed by atoms with Crippen LogP contribution in [0.15, 0.2) is 24.3 Å². The van der Waals surface area contributed by atoms with Gasteiger partial charge in [0, 0.05) is 43.9 Å². The zero-order valence-corrected chi connectivity index (χ0v) is 11.9. The molecule has 0 spiro atoms. The maximum absolute atomic E-state index is 10.6. The highest BCUT2D eigenvalue weighted by Gasteiger charge is 2.34. The number of nitrogens with zero attached hydrogens (tertiary/aromatic N) is 2. The highest BCUT2D eigenvalue weighted by atomic mass is 16.6. The summed E-state index contributed by atoms with van der Waals surface area (Å²) in [5.41, 5.74) is 0.764. The van der Waals surface area contributed by atoms with E-state index in [2.05, 4.69) is 10.2 Å². The van der Waals surface area contributed by atoms with E-state index in [9.17, 15) is 15.2 Å². The summed E-state index contributed by atoms with van der Waals surface area (Å²) in [5, 5.41) is 24.2. The molecule has 6 nitrogen and oxygen atoms in total. The second-order valence-electron chi connectivity index (χ2n) is 5.98. The highest BCUT2D eigenvalue weighted by molar-refractivity contribution is 5.33. The molecule has 1 aliphatic carbocycles. The van der Waals surface area contributed by atoms with E-state index in [0.29, 0.717) is 18.2 Å². The van der Waals surface area contributed by atoms with Crippen molar-refractivity contribution in [2.75, 3.05) is 19.6 Å². The largest absolute Gasteiger partial charge is 0.387 e. The van der Waals surface area contributed by atoms with Crippen LogP contribution in [0.25, 0.3) is 0 Å². The van der Waals surface area contributed by atoms with Crippen LogP contribution >= 0.6 is 0 Å². The lowest BCUT2D eigenvalue weighted by Gasteiger charge is -2.18. The molecule has 114 valence electrons. The predicted octanol–water partition coefficient (Wildman–Crippen LogP) is 1.45. The van der Waals surface area contributed by atoms with Crippen molar-refractivity contribution in [1.82, 2.24) is 10.2 Å². The van der Waals surface area contributed by atoms with Gasteiger partial charge in [0.1, 0.15) is 0 Å². The van der Waals surface area contributed by atoms with Crippen molar-refractivity contribution in [1.29, 1.82) is 0 Å². The minimum atomic E-state index is -0.624. The van der Waals surface area contributed by atoms with E-state index in [1.54, 1.807) is 12.1 Å². The molecular formula is C15H21N3O3. The maximum atomic E-state index is 10.6. The second kappa shape index (κ2) is 6.09. The molecule has 2 atom stereocenters. The first-order valence-electron chi connectivity index (χ1n) is 7.53. The van der Waals surface area contributed by atoms with Crippen molar-refractivity contribution in [3.8, 4) is 0 Å². The summed E-state index contributed by atoms with van der Waals surface area (Å²) in [6, 6.07) is 7.35. The van der Waals surface area contributed by atoms with Gasteiger partial charge in [-0.15, -0.1) is 0 Å². The normalized spacial score (nSPS) is 24.1. The van der Waals surface area contributed by atoms with E-state index in [4.69, 9.17) is 0 Å². The summed E-state index contributed by atoms with van der Waals surface area (Å²) in [4.78, 5) is 12.7. The Morgan fingerprint density at radius 2 is 2.05 bits per heavy atom. The molecule has 1 aliphatic heterocycles. The first-order chi connectivity index (χ1) is 10.1. The molecule has 0 bridgehead atoms. The fourth-order valence-corrected chi connectivity index (χ4v) is 2.94. The summed E-state index contributed by atoms with van der Waals surface area (Å²) in [6.07, 6.45) is 3.17. The topological polar surface area (TPSA) is 78.6 Å². The van der Waals surface area contributed by atoms with Crippen LogP contribution in [-0.4, -0.2) is 46.6 Å². The zero-order chi connectivity index (χ0) is 14.8. The van der Waals surface area contributed by atoms with E-state index in [1.807, 2.05) is 0 Å². The number of nitro benzene ring substituents is 1. The van der Waals surface area contributed by atoms with Crippen LogP contribution in [0.3, 0.4) is 0 Å². The first kappa shape index (κ1) is 14.4. The number of rotatable bonds is 6. The third-order valence-corrected chi connectivity index (χ3v) is 4.37. The average molecular weight is 291 g/mol. The van der Waals surface area contributed by atoms with E-state index >= 15 is 0 Å². The Labute approximate surface area is 123 Å². The second-order valence-corrected chi connectivity index (χ2v) is 5.98. The van der Waals surface area contributed by atoms with Crippen LogP contribution in [0.5, 0.6) is 0 Å². The smallest absolute Gasteiger partial charge is 0.269 e. The summed E-state index contributed by atoms with van der Waals surface area (Å²) in [6.45, 7) is 2.70. The molecule has 1 aromatic rings. The zero-order valence-electron chi connectivity index (χ0n) is 11.9. The van der Waals surface area contributed by atoms with Crippen molar-refractivity contribution in [2.45, 2.75) is 37.5 Å². The van der Waals surface area contributed by atoms with Crippen molar-refractivity contribution in [2.24, 2.45) is 0 Å². The SMILES string of the molecule is O=[N+]([O-])c1ccc(C(O)CNC2CCN(C3CC3)C2)cc1. The van der Waals surface area contributed by atoms with Gasteiger partial charge in [0.15, 0.2) is 0 Å². The Hall–Kier alpha value is -1.50. The number of hydrogen-bond acceptors (Lipinski definition) is 5. The molecule has 21 heavy (non-hydrogen) atoms. The summed E-state index contributed by atoms with van der Waals surface area (Å²) in [5.74, 6) is 0. The number of nitrogens with one attached hydrogen (secondary N) is 1. The van der Waals surface area contributed by atoms with Gasteiger partial charge in [0.2, 0.25) is 0 Å². The molecule has 1 aromatic carbocycles. The molecule has 3 rings (SSSR count). The molecule has 0 amide bonds. The third kappa shape index (κ3) is 3.58. The molecule has 2 fully saturated rings. The number of aliphatic hydroxyl groups is 1. The molecule has 1 saturated heterocycles. The van der Waals surface area contributed by atoms with Crippen LogP contribution in [0.4, 0.5) is 5.69 Å².